The Morgan fingerprint density at radius 1 is 1.43 bits per heavy atom. The van der Waals surface area contributed by atoms with Gasteiger partial charge in [-0.15, -0.1) is 11.3 Å². The molecular weight excluding hydrogens is 204 g/mol. The zero-order valence-electron chi connectivity index (χ0n) is 7.85. The van der Waals surface area contributed by atoms with E-state index in [0.29, 0.717) is 6.54 Å². The number of nitrogens with one attached hydrogen (secondary N) is 1. The molecule has 1 aliphatic rings. The zero-order valence-corrected chi connectivity index (χ0v) is 8.67. The number of fused-ring (bicyclic) bond motifs is 1. The lowest BCUT2D eigenvalue weighted by atomic mass is 10.2. The molecule has 1 N–H and O–H groups in total. The van der Waals surface area contributed by atoms with E-state index in [2.05, 4.69) is 11.4 Å². The monoisotopic (exact) mass is 217 g/mol. The predicted molar refractivity (Wildman–Crippen MR) is 54.1 cm³/mol. The first-order chi connectivity index (χ1) is 6.75. The summed E-state index contributed by atoms with van der Waals surface area (Å²) in [4.78, 5) is 2.65. The van der Waals surface area contributed by atoms with Crippen LogP contribution in [0.4, 0.5) is 8.78 Å². The summed E-state index contributed by atoms with van der Waals surface area (Å²) in [7, 11) is 0. The minimum atomic E-state index is -2.25. The van der Waals surface area contributed by atoms with Crippen LogP contribution in [0.5, 0.6) is 0 Å². The Hall–Kier alpha value is -0.480. The van der Waals surface area contributed by atoms with Crippen molar-refractivity contribution in [3.8, 4) is 0 Å². The van der Waals surface area contributed by atoms with Crippen molar-refractivity contribution >= 4 is 11.3 Å². The Morgan fingerprint density at radius 2 is 2.29 bits per heavy atom. The number of thiophene rings is 1. The second-order valence-electron chi connectivity index (χ2n) is 3.54. The molecule has 14 heavy (non-hydrogen) atoms. The van der Waals surface area contributed by atoms with Gasteiger partial charge in [-0.3, -0.25) is 0 Å². The number of hydrogen-bond acceptors (Lipinski definition) is 2. The number of rotatable bonds is 4. The van der Waals surface area contributed by atoms with Crippen LogP contribution in [0.2, 0.25) is 0 Å². The van der Waals surface area contributed by atoms with Crippen LogP contribution in [-0.4, -0.2) is 13.0 Å². The van der Waals surface area contributed by atoms with Crippen LogP contribution in [0.3, 0.4) is 0 Å². The topological polar surface area (TPSA) is 12.0 Å². The molecule has 0 atom stereocenters. The summed E-state index contributed by atoms with van der Waals surface area (Å²) in [5.74, 6) is 0. The van der Waals surface area contributed by atoms with Gasteiger partial charge in [-0.05, 0) is 30.9 Å². The molecule has 0 aromatic carbocycles. The zero-order chi connectivity index (χ0) is 9.97. The molecule has 0 aliphatic heterocycles. The Kier molecular flexibility index (Phi) is 3.13. The minimum absolute atomic E-state index is 0.206. The molecule has 2 rings (SSSR count). The maximum atomic E-state index is 11.8. The Balaban J connectivity index is 1.85. The van der Waals surface area contributed by atoms with Gasteiger partial charge in [0, 0.05) is 16.3 Å². The Bertz CT molecular complexity index is 288. The summed E-state index contributed by atoms with van der Waals surface area (Å²) in [5, 5.41) is 2.75. The molecule has 1 aromatic rings. The molecular formula is C10H13F2NS. The molecule has 0 spiro atoms. The van der Waals surface area contributed by atoms with Crippen LogP contribution in [0.25, 0.3) is 0 Å². The van der Waals surface area contributed by atoms with Crippen LogP contribution >= 0.6 is 11.3 Å². The SMILES string of the molecule is FC(F)CNCc1cc2c(s1)CCC2. The van der Waals surface area contributed by atoms with Crippen LogP contribution in [0.1, 0.15) is 21.7 Å². The van der Waals surface area contributed by atoms with Crippen molar-refractivity contribution in [2.75, 3.05) is 6.54 Å². The molecule has 0 radical (unpaired) electrons. The minimum Gasteiger partial charge on any atom is -0.306 e. The van der Waals surface area contributed by atoms with Crippen molar-refractivity contribution in [3.63, 3.8) is 0 Å². The summed E-state index contributed by atoms with van der Waals surface area (Å²) in [6.07, 6.45) is 1.35. The first-order valence-corrected chi connectivity index (χ1v) is 5.66. The van der Waals surface area contributed by atoms with E-state index in [1.807, 2.05) is 0 Å². The second-order valence-corrected chi connectivity index (χ2v) is 4.76. The van der Waals surface area contributed by atoms with Gasteiger partial charge < -0.3 is 5.32 Å². The smallest absolute Gasteiger partial charge is 0.250 e. The van der Waals surface area contributed by atoms with Gasteiger partial charge in [0.1, 0.15) is 0 Å². The molecule has 1 aliphatic carbocycles. The molecule has 0 amide bonds. The van der Waals surface area contributed by atoms with E-state index in [4.69, 9.17) is 0 Å². The summed E-state index contributed by atoms with van der Waals surface area (Å²) >= 11 is 1.77. The lowest BCUT2D eigenvalue weighted by Crippen LogP contribution is -2.19. The van der Waals surface area contributed by atoms with Crippen molar-refractivity contribution in [2.24, 2.45) is 0 Å². The summed E-state index contributed by atoms with van der Waals surface area (Å²) in [6.45, 7) is 0.380. The van der Waals surface area contributed by atoms with Gasteiger partial charge >= 0.3 is 0 Å². The second kappa shape index (κ2) is 4.36. The van der Waals surface area contributed by atoms with Gasteiger partial charge in [0.2, 0.25) is 0 Å². The quantitative estimate of drug-likeness (QED) is 0.817. The lowest BCUT2D eigenvalue weighted by Gasteiger charge is -2.00. The molecule has 0 unspecified atom stereocenters. The van der Waals surface area contributed by atoms with E-state index in [0.717, 1.165) is 0 Å². The van der Waals surface area contributed by atoms with Crippen molar-refractivity contribution in [1.29, 1.82) is 0 Å². The first-order valence-electron chi connectivity index (χ1n) is 4.85. The van der Waals surface area contributed by atoms with E-state index < -0.39 is 6.43 Å². The van der Waals surface area contributed by atoms with E-state index in [9.17, 15) is 8.78 Å². The van der Waals surface area contributed by atoms with Crippen molar-refractivity contribution < 1.29 is 8.78 Å². The highest BCUT2D eigenvalue weighted by Gasteiger charge is 2.14. The number of aryl methyl sites for hydroxylation is 2. The Labute approximate surface area is 86.1 Å². The van der Waals surface area contributed by atoms with Crippen molar-refractivity contribution in [3.05, 3.63) is 21.4 Å². The summed E-state index contributed by atoms with van der Waals surface area (Å²) in [6, 6.07) is 2.16. The van der Waals surface area contributed by atoms with Gasteiger partial charge in [0.05, 0.1) is 6.54 Å². The number of hydrogen-bond donors (Lipinski definition) is 1. The summed E-state index contributed by atoms with van der Waals surface area (Å²) in [5.41, 5.74) is 1.43. The largest absolute Gasteiger partial charge is 0.306 e. The van der Waals surface area contributed by atoms with Crippen molar-refractivity contribution in [1.82, 2.24) is 5.32 Å². The highest BCUT2D eigenvalue weighted by atomic mass is 32.1. The van der Waals surface area contributed by atoms with E-state index in [1.54, 1.807) is 11.3 Å². The van der Waals surface area contributed by atoms with Crippen LogP contribution in [0.15, 0.2) is 6.07 Å². The fourth-order valence-corrected chi connectivity index (χ4v) is 3.01. The summed E-state index contributed by atoms with van der Waals surface area (Å²) < 4.78 is 23.7. The first kappa shape index (κ1) is 10.1. The predicted octanol–water partition coefficient (Wildman–Crippen LogP) is 2.59. The van der Waals surface area contributed by atoms with Gasteiger partial charge in [0.25, 0.3) is 6.43 Å². The normalized spacial score (nSPS) is 15.1. The van der Waals surface area contributed by atoms with Crippen LogP contribution in [0, 0.1) is 0 Å². The maximum Gasteiger partial charge on any atom is 0.250 e. The van der Waals surface area contributed by atoms with E-state index in [1.165, 1.54) is 34.6 Å². The third-order valence-electron chi connectivity index (χ3n) is 2.40. The van der Waals surface area contributed by atoms with Crippen LogP contribution in [-0.2, 0) is 19.4 Å². The number of halogens is 2. The lowest BCUT2D eigenvalue weighted by molar-refractivity contribution is 0.145. The maximum absolute atomic E-state index is 11.8. The average molecular weight is 217 g/mol. The molecule has 78 valence electrons. The fourth-order valence-electron chi connectivity index (χ4n) is 1.78. The third kappa shape index (κ3) is 2.30. The fraction of sp³-hybridized carbons (Fsp3) is 0.600. The molecule has 0 bridgehead atoms. The highest BCUT2D eigenvalue weighted by Crippen LogP contribution is 2.30. The molecule has 1 aromatic heterocycles. The molecule has 1 nitrogen and oxygen atoms in total. The van der Waals surface area contributed by atoms with Gasteiger partial charge in [0.15, 0.2) is 0 Å². The van der Waals surface area contributed by atoms with Crippen LogP contribution < -0.4 is 5.32 Å². The third-order valence-corrected chi connectivity index (χ3v) is 3.63. The van der Waals surface area contributed by atoms with E-state index in [-0.39, 0.29) is 6.54 Å². The van der Waals surface area contributed by atoms with Crippen molar-refractivity contribution in [2.45, 2.75) is 32.2 Å². The van der Waals surface area contributed by atoms with E-state index >= 15 is 0 Å². The standard InChI is InChI=1S/C10H13F2NS/c11-10(12)6-13-5-8-4-7-2-1-3-9(7)14-8/h4,10,13H,1-3,5-6H2. The van der Waals surface area contributed by atoms with Gasteiger partial charge in [-0.25, -0.2) is 8.78 Å². The molecule has 4 heteroatoms. The van der Waals surface area contributed by atoms with Gasteiger partial charge in [-0.2, -0.15) is 0 Å². The average Bonchev–Trinajstić information content (AvgIpc) is 2.62. The molecule has 1 heterocycles. The molecule has 0 saturated carbocycles. The van der Waals surface area contributed by atoms with Gasteiger partial charge in [-0.1, -0.05) is 0 Å². The molecule has 0 fully saturated rings. The highest BCUT2D eigenvalue weighted by molar-refractivity contribution is 7.12. The number of alkyl halides is 2. The molecule has 0 saturated heterocycles. The Morgan fingerprint density at radius 3 is 3.00 bits per heavy atom.